The van der Waals surface area contributed by atoms with E-state index in [0.717, 1.165) is 50.2 Å². The molecule has 1 aliphatic rings. The van der Waals surface area contributed by atoms with Gasteiger partial charge in [0.05, 0.1) is 13.2 Å². The number of ether oxygens (including phenoxy) is 1. The monoisotopic (exact) mass is 485 g/mol. The third kappa shape index (κ3) is 7.60. The number of likely N-dealkylation sites (tertiary alicyclic amines) is 1. The number of amides is 2. The van der Waals surface area contributed by atoms with Gasteiger partial charge in [-0.05, 0) is 73.6 Å². The summed E-state index contributed by atoms with van der Waals surface area (Å²) in [6.45, 7) is 4.61. The SMILES string of the molecule is CC1CCN(C(=O)c2ccc(NCC(=O)Nc3cccc(OCCCc4ccccc4)c3)cc2)CC1. The molecule has 1 heterocycles. The molecule has 3 aromatic carbocycles. The van der Waals surface area contributed by atoms with Gasteiger partial charge in [-0.15, -0.1) is 0 Å². The highest BCUT2D eigenvalue weighted by Gasteiger charge is 2.21. The first kappa shape index (κ1) is 25.3. The van der Waals surface area contributed by atoms with Crippen molar-refractivity contribution in [1.29, 1.82) is 0 Å². The van der Waals surface area contributed by atoms with Gasteiger partial charge >= 0.3 is 0 Å². The predicted molar refractivity (Wildman–Crippen MR) is 145 cm³/mol. The predicted octanol–water partition coefficient (Wildman–Crippen LogP) is 5.62. The Bertz CT molecular complexity index is 1120. The average molecular weight is 486 g/mol. The summed E-state index contributed by atoms with van der Waals surface area (Å²) in [5.74, 6) is 1.34. The second-order valence-corrected chi connectivity index (χ2v) is 9.42. The fraction of sp³-hybridized carbons (Fsp3) is 0.333. The van der Waals surface area contributed by atoms with Crippen molar-refractivity contribution in [1.82, 2.24) is 4.90 Å². The lowest BCUT2D eigenvalue weighted by Gasteiger charge is -2.30. The molecule has 0 bridgehead atoms. The zero-order valence-electron chi connectivity index (χ0n) is 20.9. The summed E-state index contributed by atoms with van der Waals surface area (Å²) in [7, 11) is 0. The highest BCUT2D eigenvalue weighted by molar-refractivity contribution is 5.95. The topological polar surface area (TPSA) is 70.7 Å². The number of carbonyl (C=O) groups is 2. The van der Waals surface area contributed by atoms with Gasteiger partial charge in [-0.25, -0.2) is 0 Å². The van der Waals surface area contributed by atoms with E-state index >= 15 is 0 Å². The van der Waals surface area contributed by atoms with E-state index in [9.17, 15) is 9.59 Å². The van der Waals surface area contributed by atoms with Crippen LogP contribution in [0.3, 0.4) is 0 Å². The minimum atomic E-state index is -0.154. The summed E-state index contributed by atoms with van der Waals surface area (Å²) in [5.41, 5.74) is 3.47. The number of benzene rings is 3. The van der Waals surface area contributed by atoms with E-state index in [1.807, 2.05) is 71.6 Å². The summed E-state index contributed by atoms with van der Waals surface area (Å²) in [4.78, 5) is 27.1. The molecule has 6 nitrogen and oxygen atoms in total. The molecule has 0 aliphatic carbocycles. The maximum Gasteiger partial charge on any atom is 0.253 e. The number of carbonyl (C=O) groups excluding carboxylic acids is 2. The molecule has 6 heteroatoms. The summed E-state index contributed by atoms with van der Waals surface area (Å²) in [6.07, 6.45) is 4.01. The molecule has 0 unspecified atom stereocenters. The van der Waals surface area contributed by atoms with Gasteiger partial charge in [-0.1, -0.05) is 43.3 Å². The molecular formula is C30H35N3O3. The van der Waals surface area contributed by atoms with Gasteiger partial charge in [0.2, 0.25) is 5.91 Å². The molecule has 4 rings (SSSR count). The molecule has 2 amide bonds. The Morgan fingerprint density at radius 2 is 1.67 bits per heavy atom. The van der Waals surface area contributed by atoms with Crippen LogP contribution >= 0.6 is 0 Å². The van der Waals surface area contributed by atoms with Gasteiger partial charge in [0.1, 0.15) is 5.75 Å². The Balaban J connectivity index is 1.19. The Morgan fingerprint density at radius 3 is 2.42 bits per heavy atom. The van der Waals surface area contributed by atoms with E-state index in [2.05, 4.69) is 29.7 Å². The second-order valence-electron chi connectivity index (χ2n) is 9.42. The van der Waals surface area contributed by atoms with Crippen molar-refractivity contribution in [2.75, 3.05) is 36.9 Å². The van der Waals surface area contributed by atoms with Gasteiger partial charge in [-0.3, -0.25) is 9.59 Å². The molecule has 2 N–H and O–H groups in total. The maximum atomic E-state index is 12.7. The highest BCUT2D eigenvalue weighted by atomic mass is 16.5. The van der Waals surface area contributed by atoms with Crippen molar-refractivity contribution in [3.63, 3.8) is 0 Å². The minimum Gasteiger partial charge on any atom is -0.494 e. The first-order valence-corrected chi connectivity index (χ1v) is 12.8. The van der Waals surface area contributed by atoms with Crippen LogP contribution in [0.1, 0.15) is 42.1 Å². The summed E-state index contributed by atoms with van der Waals surface area (Å²) in [6, 6.07) is 25.1. The molecule has 188 valence electrons. The first-order chi connectivity index (χ1) is 17.6. The third-order valence-electron chi connectivity index (χ3n) is 6.49. The van der Waals surface area contributed by atoms with E-state index < -0.39 is 0 Å². The van der Waals surface area contributed by atoms with Gasteiger partial charge in [0.25, 0.3) is 5.91 Å². The molecular weight excluding hydrogens is 450 g/mol. The van der Waals surface area contributed by atoms with Crippen LogP contribution in [0.4, 0.5) is 11.4 Å². The quantitative estimate of drug-likeness (QED) is 0.366. The van der Waals surface area contributed by atoms with Crippen LogP contribution in [-0.4, -0.2) is 43.0 Å². The van der Waals surface area contributed by atoms with Gasteiger partial charge in [0.15, 0.2) is 0 Å². The minimum absolute atomic E-state index is 0.0772. The molecule has 0 radical (unpaired) electrons. The molecule has 0 saturated carbocycles. The standard InChI is InChI=1S/C30H35N3O3/c1-23-16-18-33(19-17-23)30(35)25-12-14-26(15-13-25)31-22-29(34)32-27-10-5-11-28(21-27)36-20-6-9-24-7-3-2-4-8-24/h2-5,7-8,10-15,21,23,31H,6,9,16-20,22H2,1H3,(H,32,34). The van der Waals surface area contributed by atoms with Crippen molar-refractivity contribution in [3.8, 4) is 5.75 Å². The van der Waals surface area contributed by atoms with Crippen molar-refractivity contribution >= 4 is 23.2 Å². The smallest absolute Gasteiger partial charge is 0.253 e. The van der Waals surface area contributed by atoms with Gasteiger partial charge < -0.3 is 20.3 Å². The molecule has 0 aromatic heterocycles. The number of rotatable bonds is 10. The van der Waals surface area contributed by atoms with E-state index in [0.29, 0.717) is 23.8 Å². The lowest BCUT2D eigenvalue weighted by atomic mass is 9.98. The van der Waals surface area contributed by atoms with Crippen LogP contribution in [-0.2, 0) is 11.2 Å². The molecule has 1 saturated heterocycles. The average Bonchev–Trinajstić information content (AvgIpc) is 2.91. The van der Waals surface area contributed by atoms with Crippen LogP contribution < -0.4 is 15.4 Å². The molecule has 36 heavy (non-hydrogen) atoms. The fourth-order valence-electron chi connectivity index (χ4n) is 4.29. The van der Waals surface area contributed by atoms with Crippen LogP contribution in [0.25, 0.3) is 0 Å². The van der Waals surface area contributed by atoms with Crippen molar-refractivity contribution in [2.45, 2.75) is 32.6 Å². The van der Waals surface area contributed by atoms with E-state index in [4.69, 9.17) is 4.74 Å². The Hall–Kier alpha value is -3.80. The highest BCUT2D eigenvalue weighted by Crippen LogP contribution is 2.20. The molecule has 0 spiro atoms. The first-order valence-electron chi connectivity index (χ1n) is 12.8. The van der Waals surface area contributed by atoms with Crippen LogP contribution in [0, 0.1) is 5.92 Å². The number of aryl methyl sites for hydroxylation is 1. The summed E-state index contributed by atoms with van der Waals surface area (Å²) >= 11 is 0. The summed E-state index contributed by atoms with van der Waals surface area (Å²) < 4.78 is 5.86. The number of piperidine rings is 1. The molecule has 1 fully saturated rings. The van der Waals surface area contributed by atoms with Crippen LogP contribution in [0.15, 0.2) is 78.9 Å². The third-order valence-corrected chi connectivity index (χ3v) is 6.49. The Labute approximate surface area is 213 Å². The number of nitrogens with zero attached hydrogens (tertiary/aromatic N) is 1. The van der Waals surface area contributed by atoms with Crippen molar-refractivity contribution in [2.24, 2.45) is 5.92 Å². The Kier molecular flexibility index (Phi) is 8.98. The van der Waals surface area contributed by atoms with Crippen molar-refractivity contribution < 1.29 is 14.3 Å². The van der Waals surface area contributed by atoms with Gasteiger partial charge in [0, 0.05) is 36.1 Å². The van der Waals surface area contributed by atoms with Crippen molar-refractivity contribution in [3.05, 3.63) is 90.0 Å². The molecule has 1 aliphatic heterocycles. The fourth-order valence-corrected chi connectivity index (χ4v) is 4.29. The second kappa shape index (κ2) is 12.8. The Morgan fingerprint density at radius 1 is 0.917 bits per heavy atom. The summed E-state index contributed by atoms with van der Waals surface area (Å²) in [5, 5.41) is 6.02. The van der Waals surface area contributed by atoms with Crippen LogP contribution in [0.2, 0.25) is 0 Å². The van der Waals surface area contributed by atoms with Crippen LogP contribution in [0.5, 0.6) is 5.75 Å². The number of anilines is 2. The van der Waals surface area contributed by atoms with E-state index in [-0.39, 0.29) is 18.4 Å². The van der Waals surface area contributed by atoms with E-state index in [1.165, 1.54) is 5.56 Å². The number of nitrogens with one attached hydrogen (secondary N) is 2. The molecule has 3 aromatic rings. The lowest BCUT2D eigenvalue weighted by Crippen LogP contribution is -2.37. The largest absolute Gasteiger partial charge is 0.494 e. The normalized spacial score (nSPS) is 13.8. The zero-order valence-corrected chi connectivity index (χ0v) is 20.9. The van der Waals surface area contributed by atoms with E-state index in [1.54, 1.807) is 0 Å². The zero-order chi connectivity index (χ0) is 25.2. The van der Waals surface area contributed by atoms with Gasteiger partial charge in [-0.2, -0.15) is 0 Å². The molecule has 0 atom stereocenters. The number of hydrogen-bond acceptors (Lipinski definition) is 4. The lowest BCUT2D eigenvalue weighted by molar-refractivity contribution is -0.114. The maximum absolute atomic E-state index is 12.7. The number of hydrogen-bond donors (Lipinski definition) is 2.